The predicted molar refractivity (Wildman–Crippen MR) is 121 cm³/mol. The third-order valence-electron chi connectivity index (χ3n) is 5.66. The third-order valence-corrected chi connectivity index (χ3v) is 6.83. The molecule has 2 amide bonds. The molecule has 1 unspecified atom stereocenters. The van der Waals surface area contributed by atoms with Crippen LogP contribution < -0.4 is 10.6 Å². The molecule has 1 heterocycles. The number of rotatable bonds is 5. The Morgan fingerprint density at radius 3 is 2.52 bits per heavy atom. The van der Waals surface area contributed by atoms with Crippen LogP contribution in [0.1, 0.15) is 63.9 Å². The van der Waals surface area contributed by atoms with Gasteiger partial charge < -0.3 is 10.6 Å². The summed E-state index contributed by atoms with van der Waals surface area (Å²) < 4.78 is 0. The van der Waals surface area contributed by atoms with Crippen molar-refractivity contribution in [3.8, 4) is 0 Å². The molecule has 0 fully saturated rings. The summed E-state index contributed by atoms with van der Waals surface area (Å²) in [7, 11) is 0. The second-order valence-electron chi connectivity index (χ2n) is 8.83. The summed E-state index contributed by atoms with van der Waals surface area (Å²) in [4.78, 5) is 26.9. The van der Waals surface area contributed by atoms with Crippen LogP contribution in [-0.4, -0.2) is 18.4 Å². The van der Waals surface area contributed by atoms with Crippen LogP contribution in [0.15, 0.2) is 36.9 Å². The van der Waals surface area contributed by atoms with Crippen LogP contribution in [0.25, 0.3) is 0 Å². The lowest BCUT2D eigenvalue weighted by molar-refractivity contribution is 0.0957. The van der Waals surface area contributed by atoms with Crippen molar-refractivity contribution in [3.63, 3.8) is 0 Å². The Hall–Kier alpha value is -2.40. The highest BCUT2D eigenvalue weighted by molar-refractivity contribution is 7.17. The molecule has 2 aromatic rings. The lowest BCUT2D eigenvalue weighted by Gasteiger charge is -2.33. The Morgan fingerprint density at radius 1 is 1.21 bits per heavy atom. The van der Waals surface area contributed by atoms with E-state index in [4.69, 9.17) is 0 Å². The normalized spacial score (nSPS) is 16.1. The average molecular weight is 411 g/mol. The van der Waals surface area contributed by atoms with Crippen molar-refractivity contribution in [2.45, 2.75) is 47.0 Å². The maximum Gasteiger partial charge on any atom is 0.256 e. The van der Waals surface area contributed by atoms with Crippen molar-refractivity contribution in [2.75, 3.05) is 11.9 Å². The molecule has 0 bridgehead atoms. The SMILES string of the molecule is C=CCNC(=O)c1c(NC(=O)c2ccc(C)cc2)sc2c1CCC(C(C)(C)C)C2. The van der Waals surface area contributed by atoms with E-state index < -0.39 is 0 Å². The lowest BCUT2D eigenvalue weighted by atomic mass is 9.72. The average Bonchev–Trinajstić information content (AvgIpc) is 3.02. The maximum atomic E-state index is 12.9. The molecular formula is C24H30N2O2S. The van der Waals surface area contributed by atoms with Gasteiger partial charge in [-0.25, -0.2) is 0 Å². The van der Waals surface area contributed by atoms with Crippen molar-refractivity contribution < 1.29 is 9.59 Å². The van der Waals surface area contributed by atoms with Crippen molar-refractivity contribution in [1.82, 2.24) is 5.32 Å². The quantitative estimate of drug-likeness (QED) is 0.651. The molecule has 1 aliphatic carbocycles. The largest absolute Gasteiger partial charge is 0.348 e. The van der Waals surface area contributed by atoms with E-state index in [1.165, 1.54) is 4.88 Å². The van der Waals surface area contributed by atoms with E-state index in [1.54, 1.807) is 17.4 Å². The molecule has 4 nitrogen and oxygen atoms in total. The first-order chi connectivity index (χ1) is 13.7. The number of fused-ring (bicyclic) bond motifs is 1. The fourth-order valence-electron chi connectivity index (χ4n) is 3.79. The van der Waals surface area contributed by atoms with Crippen molar-refractivity contribution in [3.05, 3.63) is 64.1 Å². The first-order valence-electron chi connectivity index (χ1n) is 10.1. The topological polar surface area (TPSA) is 58.2 Å². The van der Waals surface area contributed by atoms with Gasteiger partial charge in [-0.15, -0.1) is 17.9 Å². The number of hydrogen-bond acceptors (Lipinski definition) is 3. The monoisotopic (exact) mass is 410 g/mol. The van der Waals surface area contributed by atoms with Gasteiger partial charge in [0.05, 0.1) is 5.56 Å². The van der Waals surface area contributed by atoms with E-state index >= 15 is 0 Å². The molecule has 0 aliphatic heterocycles. The number of anilines is 1. The minimum atomic E-state index is -0.186. The highest BCUT2D eigenvalue weighted by atomic mass is 32.1. The van der Waals surface area contributed by atoms with E-state index in [0.29, 0.717) is 28.6 Å². The number of aryl methyl sites for hydroxylation is 1. The van der Waals surface area contributed by atoms with E-state index in [1.807, 2.05) is 31.2 Å². The summed E-state index contributed by atoms with van der Waals surface area (Å²) in [5.41, 5.74) is 3.63. The minimum absolute atomic E-state index is 0.143. The van der Waals surface area contributed by atoms with Gasteiger partial charge in [0.15, 0.2) is 0 Å². The summed E-state index contributed by atoms with van der Waals surface area (Å²) in [5.74, 6) is 0.239. The molecule has 0 saturated heterocycles. The standard InChI is InChI=1S/C24H30N2O2S/c1-6-13-25-22(28)20-18-12-11-17(24(3,4)5)14-19(18)29-23(20)26-21(27)16-9-7-15(2)8-10-16/h6-10,17H,1,11-14H2,2-5H3,(H,25,28)(H,26,27). The number of benzene rings is 1. The number of carbonyl (C=O) groups excluding carboxylic acids is 2. The highest BCUT2D eigenvalue weighted by Gasteiger charge is 2.34. The van der Waals surface area contributed by atoms with Crippen molar-refractivity contribution in [1.29, 1.82) is 0 Å². The molecule has 29 heavy (non-hydrogen) atoms. The second kappa shape index (κ2) is 8.54. The van der Waals surface area contributed by atoms with Crippen LogP contribution in [0.5, 0.6) is 0 Å². The van der Waals surface area contributed by atoms with E-state index in [2.05, 4.69) is 38.0 Å². The van der Waals surface area contributed by atoms with Crippen LogP contribution in [0.4, 0.5) is 5.00 Å². The van der Waals surface area contributed by atoms with E-state index in [9.17, 15) is 9.59 Å². The molecule has 1 aliphatic rings. The summed E-state index contributed by atoms with van der Waals surface area (Å²) in [6.45, 7) is 12.9. The van der Waals surface area contributed by atoms with Crippen molar-refractivity contribution >= 4 is 28.2 Å². The molecule has 0 radical (unpaired) electrons. The molecular weight excluding hydrogens is 380 g/mol. The summed E-state index contributed by atoms with van der Waals surface area (Å²) in [6, 6.07) is 7.45. The zero-order valence-electron chi connectivity index (χ0n) is 17.7. The molecule has 1 atom stereocenters. The number of nitrogens with one attached hydrogen (secondary N) is 2. The summed E-state index contributed by atoms with van der Waals surface area (Å²) in [5, 5.41) is 6.54. The van der Waals surface area contributed by atoms with Gasteiger partial charge in [-0.3, -0.25) is 9.59 Å². The first kappa shape index (κ1) is 21.3. The van der Waals surface area contributed by atoms with Crippen LogP contribution in [-0.2, 0) is 12.8 Å². The van der Waals surface area contributed by atoms with Crippen LogP contribution in [0.2, 0.25) is 0 Å². The molecule has 1 aromatic heterocycles. The third kappa shape index (κ3) is 4.78. The molecule has 1 aromatic carbocycles. The van der Waals surface area contributed by atoms with Gasteiger partial charge in [0.25, 0.3) is 11.8 Å². The molecule has 154 valence electrons. The van der Waals surface area contributed by atoms with Gasteiger partial charge in [0.2, 0.25) is 0 Å². The van der Waals surface area contributed by atoms with Gasteiger partial charge in [-0.1, -0.05) is 44.5 Å². The van der Waals surface area contributed by atoms with Gasteiger partial charge in [0, 0.05) is 17.0 Å². The molecule has 0 spiro atoms. The van der Waals surface area contributed by atoms with E-state index in [-0.39, 0.29) is 17.2 Å². The minimum Gasteiger partial charge on any atom is -0.348 e. The van der Waals surface area contributed by atoms with Gasteiger partial charge in [-0.05, 0) is 55.2 Å². The molecule has 5 heteroatoms. The summed E-state index contributed by atoms with van der Waals surface area (Å²) >= 11 is 1.55. The maximum absolute atomic E-state index is 12.9. The predicted octanol–water partition coefficient (Wildman–Crippen LogP) is 5.38. The fraction of sp³-hybridized carbons (Fsp3) is 0.417. The second-order valence-corrected chi connectivity index (χ2v) is 9.94. The van der Waals surface area contributed by atoms with Crippen LogP contribution >= 0.6 is 11.3 Å². The van der Waals surface area contributed by atoms with E-state index in [0.717, 1.165) is 30.4 Å². The van der Waals surface area contributed by atoms with Gasteiger partial charge >= 0.3 is 0 Å². The van der Waals surface area contributed by atoms with Gasteiger partial charge in [-0.2, -0.15) is 0 Å². The molecule has 3 rings (SSSR count). The number of amides is 2. The first-order valence-corrected chi connectivity index (χ1v) is 10.9. The Labute approximate surface area is 177 Å². The van der Waals surface area contributed by atoms with Gasteiger partial charge in [0.1, 0.15) is 5.00 Å². The Kier molecular flexibility index (Phi) is 6.27. The number of hydrogen-bond donors (Lipinski definition) is 2. The highest BCUT2D eigenvalue weighted by Crippen LogP contribution is 2.44. The smallest absolute Gasteiger partial charge is 0.256 e. The Balaban J connectivity index is 1.93. The summed E-state index contributed by atoms with van der Waals surface area (Å²) in [6.07, 6.45) is 4.54. The molecule has 2 N–H and O–H groups in total. The Morgan fingerprint density at radius 2 is 1.90 bits per heavy atom. The van der Waals surface area contributed by atoms with Crippen LogP contribution in [0, 0.1) is 18.3 Å². The Bertz CT molecular complexity index is 920. The molecule has 0 saturated carbocycles. The number of carbonyl (C=O) groups is 2. The van der Waals surface area contributed by atoms with Crippen molar-refractivity contribution in [2.24, 2.45) is 11.3 Å². The fourth-order valence-corrected chi connectivity index (χ4v) is 5.11. The number of thiophene rings is 1. The zero-order valence-corrected chi connectivity index (χ0v) is 18.5. The zero-order chi connectivity index (χ0) is 21.2. The lowest BCUT2D eigenvalue weighted by Crippen LogP contribution is -2.28. The van der Waals surface area contributed by atoms with Crippen LogP contribution in [0.3, 0.4) is 0 Å².